The molecule has 1 atom stereocenters. The van der Waals surface area contributed by atoms with E-state index < -0.39 is 0 Å². The molecule has 0 saturated heterocycles. The van der Waals surface area contributed by atoms with Crippen LogP contribution in [0.4, 0.5) is 5.82 Å². The predicted molar refractivity (Wildman–Crippen MR) is 74.9 cm³/mol. The molecule has 0 spiro atoms. The maximum atomic E-state index is 11.5. The summed E-state index contributed by atoms with van der Waals surface area (Å²) in [4.78, 5) is 18.6. The Morgan fingerprint density at radius 3 is 2.78 bits per heavy atom. The molecular weight excluding hydrogens is 228 g/mol. The van der Waals surface area contributed by atoms with Crippen LogP contribution in [0.25, 0.3) is 0 Å². The molecule has 0 saturated carbocycles. The van der Waals surface area contributed by atoms with Crippen molar-refractivity contribution >= 4 is 5.82 Å². The fraction of sp³-hybridized carbons (Fsp3) is 0.692. The minimum Gasteiger partial charge on any atom is -0.370 e. The first kappa shape index (κ1) is 14.7. The molecule has 1 aromatic rings. The van der Waals surface area contributed by atoms with Gasteiger partial charge in [-0.1, -0.05) is 27.2 Å². The van der Waals surface area contributed by atoms with Gasteiger partial charge in [-0.3, -0.25) is 4.79 Å². The average molecular weight is 252 g/mol. The van der Waals surface area contributed by atoms with Crippen LogP contribution in [0, 0.1) is 5.92 Å². The SMILES string of the molecule is CCC(CCN)CNc1cc(=O)[nH]c(C(C)C)n1. The minimum absolute atomic E-state index is 0.108. The molecule has 0 amide bonds. The number of H-pyrrole nitrogens is 1. The Balaban J connectivity index is 2.69. The second-order valence-corrected chi connectivity index (χ2v) is 4.90. The molecule has 0 radical (unpaired) electrons. The van der Waals surface area contributed by atoms with E-state index in [0.717, 1.165) is 25.2 Å². The fourth-order valence-electron chi connectivity index (χ4n) is 1.78. The Morgan fingerprint density at radius 1 is 1.50 bits per heavy atom. The molecule has 1 rings (SSSR count). The fourth-order valence-corrected chi connectivity index (χ4v) is 1.78. The number of nitrogens with one attached hydrogen (secondary N) is 2. The molecule has 0 aliphatic carbocycles. The predicted octanol–water partition coefficient (Wildman–Crippen LogP) is 1.68. The number of aromatic nitrogens is 2. The summed E-state index contributed by atoms with van der Waals surface area (Å²) in [6.07, 6.45) is 2.06. The van der Waals surface area contributed by atoms with Crippen LogP contribution in [0.2, 0.25) is 0 Å². The third kappa shape index (κ3) is 4.49. The third-order valence-electron chi connectivity index (χ3n) is 3.03. The third-order valence-corrected chi connectivity index (χ3v) is 3.03. The number of anilines is 1. The Morgan fingerprint density at radius 2 is 2.22 bits per heavy atom. The van der Waals surface area contributed by atoms with Crippen LogP contribution in [0.1, 0.15) is 45.4 Å². The van der Waals surface area contributed by atoms with E-state index in [9.17, 15) is 4.79 Å². The molecule has 0 aliphatic rings. The van der Waals surface area contributed by atoms with Gasteiger partial charge < -0.3 is 16.0 Å². The minimum atomic E-state index is -0.108. The van der Waals surface area contributed by atoms with Gasteiger partial charge >= 0.3 is 0 Å². The van der Waals surface area contributed by atoms with Crippen LogP contribution in [-0.4, -0.2) is 23.1 Å². The highest BCUT2D eigenvalue weighted by Crippen LogP contribution is 2.11. The Bertz CT molecular complexity index is 414. The van der Waals surface area contributed by atoms with E-state index in [-0.39, 0.29) is 11.5 Å². The summed E-state index contributed by atoms with van der Waals surface area (Å²) in [7, 11) is 0. The van der Waals surface area contributed by atoms with Crippen LogP contribution >= 0.6 is 0 Å². The number of aromatic amines is 1. The smallest absolute Gasteiger partial charge is 0.252 e. The molecule has 1 heterocycles. The quantitative estimate of drug-likeness (QED) is 0.689. The Hall–Kier alpha value is -1.36. The van der Waals surface area contributed by atoms with Crippen molar-refractivity contribution in [3.05, 3.63) is 22.2 Å². The van der Waals surface area contributed by atoms with Gasteiger partial charge in [0.25, 0.3) is 5.56 Å². The van der Waals surface area contributed by atoms with E-state index >= 15 is 0 Å². The second-order valence-electron chi connectivity index (χ2n) is 4.90. The van der Waals surface area contributed by atoms with Gasteiger partial charge in [-0.2, -0.15) is 0 Å². The topological polar surface area (TPSA) is 83.8 Å². The van der Waals surface area contributed by atoms with E-state index in [1.807, 2.05) is 13.8 Å². The largest absolute Gasteiger partial charge is 0.370 e. The van der Waals surface area contributed by atoms with Crippen molar-refractivity contribution in [2.75, 3.05) is 18.4 Å². The van der Waals surface area contributed by atoms with Crippen LogP contribution < -0.4 is 16.6 Å². The van der Waals surface area contributed by atoms with Gasteiger partial charge in [-0.05, 0) is 18.9 Å². The molecule has 0 bridgehead atoms. The van der Waals surface area contributed by atoms with Crippen LogP contribution in [0.15, 0.2) is 10.9 Å². The van der Waals surface area contributed by atoms with Crippen molar-refractivity contribution in [2.45, 2.75) is 39.5 Å². The lowest BCUT2D eigenvalue weighted by Gasteiger charge is -2.15. The van der Waals surface area contributed by atoms with Crippen molar-refractivity contribution < 1.29 is 0 Å². The summed E-state index contributed by atoms with van der Waals surface area (Å²) < 4.78 is 0. The first-order valence-electron chi connectivity index (χ1n) is 6.62. The maximum Gasteiger partial charge on any atom is 0.252 e. The van der Waals surface area contributed by atoms with E-state index in [4.69, 9.17) is 5.73 Å². The van der Waals surface area contributed by atoms with Gasteiger partial charge in [-0.15, -0.1) is 0 Å². The zero-order chi connectivity index (χ0) is 13.5. The number of rotatable bonds is 7. The summed E-state index contributed by atoms with van der Waals surface area (Å²) in [5, 5.41) is 3.23. The molecule has 18 heavy (non-hydrogen) atoms. The van der Waals surface area contributed by atoms with Crippen LogP contribution in [-0.2, 0) is 0 Å². The van der Waals surface area contributed by atoms with Crippen molar-refractivity contribution in [3.63, 3.8) is 0 Å². The average Bonchev–Trinajstić information content (AvgIpc) is 2.33. The van der Waals surface area contributed by atoms with Crippen LogP contribution in [0.3, 0.4) is 0 Å². The normalized spacial score (nSPS) is 12.7. The molecule has 5 heteroatoms. The maximum absolute atomic E-state index is 11.5. The zero-order valence-electron chi connectivity index (χ0n) is 11.5. The lowest BCUT2D eigenvalue weighted by atomic mass is 10.0. The van der Waals surface area contributed by atoms with E-state index in [0.29, 0.717) is 18.3 Å². The monoisotopic (exact) mass is 252 g/mol. The van der Waals surface area contributed by atoms with Gasteiger partial charge in [0.2, 0.25) is 0 Å². The van der Waals surface area contributed by atoms with Crippen molar-refractivity contribution in [3.8, 4) is 0 Å². The molecular formula is C13H24N4O. The van der Waals surface area contributed by atoms with E-state index in [1.54, 1.807) is 0 Å². The summed E-state index contributed by atoms with van der Waals surface area (Å²) in [5.74, 6) is 2.11. The summed E-state index contributed by atoms with van der Waals surface area (Å²) in [6, 6.07) is 1.50. The van der Waals surface area contributed by atoms with Gasteiger partial charge in [0, 0.05) is 18.5 Å². The molecule has 0 aromatic carbocycles. The van der Waals surface area contributed by atoms with Gasteiger partial charge in [-0.25, -0.2) is 4.98 Å². The molecule has 4 N–H and O–H groups in total. The highest BCUT2D eigenvalue weighted by molar-refractivity contribution is 5.33. The van der Waals surface area contributed by atoms with Gasteiger partial charge in [0.05, 0.1) is 0 Å². The van der Waals surface area contributed by atoms with Crippen molar-refractivity contribution in [1.29, 1.82) is 0 Å². The summed E-state index contributed by atoms with van der Waals surface area (Å²) >= 11 is 0. The number of hydrogen-bond acceptors (Lipinski definition) is 4. The van der Waals surface area contributed by atoms with Crippen molar-refractivity contribution in [2.24, 2.45) is 11.7 Å². The summed E-state index contributed by atoms with van der Waals surface area (Å²) in [6.45, 7) is 7.66. The number of nitrogens with two attached hydrogens (primary N) is 1. The van der Waals surface area contributed by atoms with E-state index in [1.165, 1.54) is 6.07 Å². The second kappa shape index (κ2) is 7.16. The van der Waals surface area contributed by atoms with Gasteiger partial charge in [0.1, 0.15) is 11.6 Å². The Kier molecular flexibility index (Phi) is 5.85. The molecule has 1 unspecified atom stereocenters. The first-order chi connectivity index (χ1) is 8.56. The molecule has 5 nitrogen and oxygen atoms in total. The van der Waals surface area contributed by atoms with Crippen molar-refractivity contribution in [1.82, 2.24) is 9.97 Å². The van der Waals surface area contributed by atoms with Gasteiger partial charge in [0.15, 0.2) is 0 Å². The molecule has 102 valence electrons. The Labute approximate surface area is 108 Å². The molecule has 1 aromatic heterocycles. The number of hydrogen-bond donors (Lipinski definition) is 3. The first-order valence-corrected chi connectivity index (χ1v) is 6.62. The zero-order valence-corrected chi connectivity index (χ0v) is 11.5. The lowest BCUT2D eigenvalue weighted by molar-refractivity contribution is 0.500. The molecule has 0 aliphatic heterocycles. The highest BCUT2D eigenvalue weighted by atomic mass is 16.1. The lowest BCUT2D eigenvalue weighted by Crippen LogP contribution is -2.20. The van der Waals surface area contributed by atoms with E-state index in [2.05, 4.69) is 22.2 Å². The standard InChI is InChI=1S/C13H24N4O/c1-4-10(5-6-14)8-15-11-7-12(18)17-13(16-11)9(2)3/h7,9-10H,4-6,8,14H2,1-3H3,(H2,15,16,17,18). The highest BCUT2D eigenvalue weighted by Gasteiger charge is 2.08. The molecule has 0 fully saturated rings. The van der Waals surface area contributed by atoms with Crippen LogP contribution in [0.5, 0.6) is 0 Å². The summed E-state index contributed by atoms with van der Waals surface area (Å²) in [5.41, 5.74) is 5.46. The number of nitrogens with zero attached hydrogens (tertiary/aromatic N) is 1.